The van der Waals surface area contributed by atoms with Crippen molar-refractivity contribution < 1.29 is 4.74 Å². The van der Waals surface area contributed by atoms with Crippen molar-refractivity contribution in [2.45, 2.75) is 39.2 Å². The van der Waals surface area contributed by atoms with E-state index < -0.39 is 0 Å². The minimum atomic E-state index is 0.409. The van der Waals surface area contributed by atoms with E-state index in [4.69, 9.17) is 10.5 Å². The van der Waals surface area contributed by atoms with Gasteiger partial charge in [-0.3, -0.25) is 0 Å². The van der Waals surface area contributed by atoms with Gasteiger partial charge in [0.25, 0.3) is 0 Å². The van der Waals surface area contributed by atoms with Crippen LogP contribution in [-0.4, -0.2) is 16.7 Å². The maximum Gasteiger partial charge on any atom is 0.201 e. The molecule has 0 saturated carbocycles. The number of nitrogen functional groups attached to an aromatic ring is 1. The van der Waals surface area contributed by atoms with E-state index in [1.165, 1.54) is 0 Å². The first-order valence-corrected chi connectivity index (χ1v) is 6.52. The number of methoxy groups -OCH3 is 1. The van der Waals surface area contributed by atoms with Crippen molar-refractivity contribution in [3.05, 3.63) is 18.2 Å². The number of hydrogen-bond donors (Lipinski definition) is 1. The van der Waals surface area contributed by atoms with Crippen molar-refractivity contribution in [1.29, 1.82) is 0 Å². The molecule has 18 heavy (non-hydrogen) atoms. The van der Waals surface area contributed by atoms with Crippen molar-refractivity contribution in [3.63, 3.8) is 0 Å². The molecule has 2 rings (SSSR count). The van der Waals surface area contributed by atoms with Crippen molar-refractivity contribution >= 4 is 17.0 Å². The summed E-state index contributed by atoms with van der Waals surface area (Å²) in [5.41, 5.74) is 8.06. The van der Waals surface area contributed by atoms with Gasteiger partial charge >= 0.3 is 0 Å². The van der Waals surface area contributed by atoms with E-state index in [1.54, 1.807) is 7.11 Å². The van der Waals surface area contributed by atoms with Crippen LogP contribution in [-0.2, 0) is 0 Å². The first kappa shape index (κ1) is 12.7. The number of ether oxygens (including phenoxy) is 1. The molecule has 2 aromatic rings. The molecule has 0 saturated heterocycles. The summed E-state index contributed by atoms with van der Waals surface area (Å²) in [6.45, 7) is 4.38. The second kappa shape index (κ2) is 5.29. The second-order valence-corrected chi connectivity index (χ2v) is 4.55. The first-order chi connectivity index (χ1) is 8.71. The number of nitrogens with two attached hydrogens (primary N) is 1. The lowest BCUT2D eigenvalue weighted by atomic mass is 10.1. The molecule has 0 fully saturated rings. The summed E-state index contributed by atoms with van der Waals surface area (Å²) in [5, 5.41) is 0. The van der Waals surface area contributed by atoms with E-state index in [2.05, 4.69) is 23.4 Å². The molecule has 1 aromatic carbocycles. The monoisotopic (exact) mass is 247 g/mol. The van der Waals surface area contributed by atoms with Crippen LogP contribution in [0.2, 0.25) is 0 Å². The molecular formula is C14H21N3O. The number of anilines is 1. The van der Waals surface area contributed by atoms with E-state index in [9.17, 15) is 0 Å². The van der Waals surface area contributed by atoms with Gasteiger partial charge in [-0.05, 0) is 25.0 Å². The summed E-state index contributed by atoms with van der Waals surface area (Å²) in [4.78, 5) is 4.42. The van der Waals surface area contributed by atoms with Gasteiger partial charge in [0.15, 0.2) is 0 Å². The Bertz CT molecular complexity index is 533. The molecule has 0 aliphatic rings. The zero-order valence-electron chi connectivity index (χ0n) is 11.3. The van der Waals surface area contributed by atoms with Crippen LogP contribution >= 0.6 is 0 Å². The van der Waals surface area contributed by atoms with Gasteiger partial charge in [0.1, 0.15) is 5.75 Å². The van der Waals surface area contributed by atoms with Crippen molar-refractivity contribution in [2.24, 2.45) is 0 Å². The van der Waals surface area contributed by atoms with Crippen LogP contribution in [0, 0.1) is 0 Å². The normalized spacial score (nSPS) is 12.8. The minimum Gasteiger partial charge on any atom is -0.497 e. The molecule has 98 valence electrons. The number of nitrogens with zero attached hydrogens (tertiary/aromatic N) is 2. The Labute approximate surface area is 108 Å². The van der Waals surface area contributed by atoms with E-state index in [-0.39, 0.29) is 0 Å². The van der Waals surface area contributed by atoms with E-state index in [1.807, 2.05) is 18.2 Å². The van der Waals surface area contributed by atoms with Gasteiger partial charge in [-0.25, -0.2) is 4.98 Å². The maximum absolute atomic E-state index is 6.06. The van der Waals surface area contributed by atoms with Gasteiger partial charge in [0.2, 0.25) is 5.95 Å². The van der Waals surface area contributed by atoms with Gasteiger partial charge in [0, 0.05) is 12.1 Å². The third-order valence-corrected chi connectivity index (χ3v) is 3.38. The number of rotatable bonds is 5. The summed E-state index contributed by atoms with van der Waals surface area (Å²) in [7, 11) is 1.68. The van der Waals surface area contributed by atoms with Gasteiger partial charge in [-0.1, -0.05) is 20.3 Å². The smallest absolute Gasteiger partial charge is 0.201 e. The van der Waals surface area contributed by atoms with Gasteiger partial charge in [-0.15, -0.1) is 0 Å². The Kier molecular flexibility index (Phi) is 3.75. The Balaban J connectivity index is 2.56. The quantitative estimate of drug-likeness (QED) is 0.881. The predicted octanol–water partition coefficient (Wildman–Crippen LogP) is 3.38. The highest BCUT2D eigenvalue weighted by Gasteiger charge is 2.16. The van der Waals surface area contributed by atoms with Crippen LogP contribution in [0.25, 0.3) is 11.0 Å². The number of benzene rings is 1. The Morgan fingerprint density at radius 2 is 2.17 bits per heavy atom. The summed E-state index contributed by atoms with van der Waals surface area (Å²) in [6.07, 6.45) is 3.31. The fourth-order valence-corrected chi connectivity index (χ4v) is 2.45. The molecule has 0 aliphatic carbocycles. The van der Waals surface area contributed by atoms with Crippen LogP contribution in [0.1, 0.15) is 39.2 Å². The Morgan fingerprint density at radius 1 is 1.39 bits per heavy atom. The van der Waals surface area contributed by atoms with Crippen LogP contribution < -0.4 is 10.5 Å². The second-order valence-electron chi connectivity index (χ2n) is 4.55. The van der Waals surface area contributed by atoms with Crippen molar-refractivity contribution in [2.75, 3.05) is 12.8 Å². The molecule has 0 bridgehead atoms. The van der Waals surface area contributed by atoms with Crippen LogP contribution in [0.5, 0.6) is 5.75 Å². The largest absolute Gasteiger partial charge is 0.497 e. The summed E-state index contributed by atoms with van der Waals surface area (Å²) >= 11 is 0. The lowest BCUT2D eigenvalue weighted by molar-refractivity contribution is 0.414. The molecule has 1 unspecified atom stereocenters. The molecular weight excluding hydrogens is 226 g/mol. The summed E-state index contributed by atoms with van der Waals surface area (Å²) in [5.74, 6) is 1.44. The van der Waals surface area contributed by atoms with Crippen molar-refractivity contribution in [1.82, 2.24) is 9.55 Å². The molecule has 4 heteroatoms. The maximum atomic E-state index is 6.06. The Morgan fingerprint density at radius 3 is 2.78 bits per heavy atom. The highest BCUT2D eigenvalue weighted by molar-refractivity contribution is 5.80. The molecule has 1 aromatic heterocycles. The topological polar surface area (TPSA) is 53.1 Å². The van der Waals surface area contributed by atoms with E-state index in [0.29, 0.717) is 12.0 Å². The molecule has 2 N–H and O–H groups in total. The Hall–Kier alpha value is -1.71. The number of hydrogen-bond acceptors (Lipinski definition) is 3. The number of imidazole rings is 1. The first-order valence-electron chi connectivity index (χ1n) is 6.52. The van der Waals surface area contributed by atoms with Gasteiger partial charge in [0.05, 0.1) is 18.1 Å². The fourth-order valence-electron chi connectivity index (χ4n) is 2.45. The van der Waals surface area contributed by atoms with Crippen molar-refractivity contribution in [3.8, 4) is 5.75 Å². The molecule has 0 radical (unpaired) electrons. The average molecular weight is 247 g/mol. The van der Waals surface area contributed by atoms with Crippen LogP contribution in [0.15, 0.2) is 18.2 Å². The fraction of sp³-hybridized carbons (Fsp3) is 0.500. The van der Waals surface area contributed by atoms with Crippen LogP contribution in [0.3, 0.4) is 0 Å². The SMILES string of the molecule is CCCC(CC)n1c(N)nc2ccc(OC)cc21. The molecule has 1 atom stereocenters. The summed E-state index contributed by atoms with van der Waals surface area (Å²) in [6, 6.07) is 6.29. The molecule has 0 amide bonds. The standard InChI is InChI=1S/C14H21N3O/c1-4-6-10(5-2)17-13-9-11(18-3)7-8-12(13)16-14(17)15/h7-10H,4-6H2,1-3H3,(H2,15,16). The molecule has 1 heterocycles. The highest BCUT2D eigenvalue weighted by Crippen LogP contribution is 2.29. The minimum absolute atomic E-state index is 0.409. The lowest BCUT2D eigenvalue weighted by Crippen LogP contribution is -2.11. The highest BCUT2D eigenvalue weighted by atomic mass is 16.5. The lowest BCUT2D eigenvalue weighted by Gasteiger charge is -2.18. The molecule has 0 spiro atoms. The zero-order valence-corrected chi connectivity index (χ0v) is 11.3. The predicted molar refractivity (Wildman–Crippen MR) is 74.9 cm³/mol. The van der Waals surface area contributed by atoms with Gasteiger partial charge in [-0.2, -0.15) is 0 Å². The van der Waals surface area contributed by atoms with E-state index >= 15 is 0 Å². The number of aromatic nitrogens is 2. The molecule has 4 nitrogen and oxygen atoms in total. The summed E-state index contributed by atoms with van der Waals surface area (Å²) < 4.78 is 7.42. The zero-order chi connectivity index (χ0) is 13.1. The van der Waals surface area contributed by atoms with E-state index in [0.717, 1.165) is 36.0 Å². The number of fused-ring (bicyclic) bond motifs is 1. The third kappa shape index (κ3) is 2.15. The molecule has 0 aliphatic heterocycles. The van der Waals surface area contributed by atoms with Crippen LogP contribution in [0.4, 0.5) is 5.95 Å². The third-order valence-electron chi connectivity index (χ3n) is 3.38. The van der Waals surface area contributed by atoms with Gasteiger partial charge < -0.3 is 15.0 Å². The average Bonchev–Trinajstić information content (AvgIpc) is 2.71.